The summed E-state index contributed by atoms with van der Waals surface area (Å²) in [5.74, 6) is -0.868. The molecule has 2 fully saturated rings. The molecule has 1 aliphatic carbocycles. The third-order valence-electron chi connectivity index (χ3n) is 6.71. The van der Waals surface area contributed by atoms with E-state index < -0.39 is 23.7 Å². The van der Waals surface area contributed by atoms with E-state index in [0.717, 1.165) is 5.56 Å². The lowest BCUT2D eigenvalue weighted by Crippen LogP contribution is -2.44. The number of anilines is 3. The first-order valence-electron chi connectivity index (χ1n) is 11.7. The Kier molecular flexibility index (Phi) is 5.91. The Morgan fingerprint density at radius 1 is 1.11 bits per heavy atom. The van der Waals surface area contributed by atoms with Crippen molar-refractivity contribution in [3.8, 4) is 0 Å². The van der Waals surface area contributed by atoms with Crippen LogP contribution in [0.4, 0.5) is 21.5 Å². The van der Waals surface area contributed by atoms with Gasteiger partial charge in [-0.2, -0.15) is 0 Å². The molecule has 2 atom stereocenters. The maximum absolute atomic E-state index is 14.4. The molecule has 1 aliphatic heterocycles. The molecule has 3 aromatic rings. The molecule has 36 heavy (non-hydrogen) atoms. The fourth-order valence-corrected chi connectivity index (χ4v) is 4.59. The van der Waals surface area contributed by atoms with E-state index in [9.17, 15) is 18.8 Å². The minimum Gasteiger partial charge on any atom is -0.354 e. The number of hydrogen-bond acceptors (Lipinski definition) is 5. The van der Waals surface area contributed by atoms with Gasteiger partial charge in [-0.05, 0) is 42.7 Å². The van der Waals surface area contributed by atoms with Gasteiger partial charge in [0.05, 0.1) is 17.8 Å². The van der Waals surface area contributed by atoms with Gasteiger partial charge in [-0.15, -0.1) is 0 Å². The Balaban J connectivity index is 1.48. The number of rotatable bonds is 7. The Labute approximate surface area is 207 Å². The molecule has 2 aliphatic rings. The summed E-state index contributed by atoms with van der Waals surface area (Å²) in [6.45, 7) is 0. The van der Waals surface area contributed by atoms with Crippen LogP contribution in [0.3, 0.4) is 0 Å². The molecule has 5 rings (SSSR count). The summed E-state index contributed by atoms with van der Waals surface area (Å²) in [5, 5.41) is 13.9. The van der Waals surface area contributed by atoms with Crippen molar-refractivity contribution < 1.29 is 14.0 Å². The van der Waals surface area contributed by atoms with Crippen LogP contribution in [0.15, 0.2) is 71.7 Å². The average molecular weight is 488 g/mol. The van der Waals surface area contributed by atoms with Crippen LogP contribution in [0.1, 0.15) is 36.4 Å². The van der Waals surface area contributed by atoms with E-state index in [1.54, 1.807) is 42.4 Å². The highest BCUT2D eigenvalue weighted by molar-refractivity contribution is 6.00. The molecule has 1 saturated heterocycles. The second kappa shape index (κ2) is 9.07. The molecular weight excluding hydrogens is 461 g/mol. The van der Waals surface area contributed by atoms with Gasteiger partial charge in [-0.1, -0.05) is 30.3 Å². The fourth-order valence-electron chi connectivity index (χ4n) is 4.59. The zero-order valence-electron chi connectivity index (χ0n) is 19.7. The SMILES string of the molecule is Cn1cc(Nc2ccc(N3C(=O)C[C@H](NC(=O)C4(F)CC4)[C@H]3c3ccccc3)cc2C=N)ccc1=O. The molecule has 0 bridgehead atoms. The Bertz CT molecular complexity index is 1400. The number of halogens is 1. The molecule has 9 heteroatoms. The molecule has 0 unspecified atom stereocenters. The molecule has 1 saturated carbocycles. The Hall–Kier alpha value is -4.27. The summed E-state index contributed by atoms with van der Waals surface area (Å²) < 4.78 is 15.9. The number of benzene rings is 2. The molecule has 184 valence electrons. The number of alkyl halides is 1. The van der Waals surface area contributed by atoms with E-state index in [1.807, 2.05) is 30.3 Å². The number of aromatic nitrogens is 1. The highest BCUT2D eigenvalue weighted by atomic mass is 19.1. The highest BCUT2D eigenvalue weighted by Gasteiger charge is 2.53. The average Bonchev–Trinajstić information content (AvgIpc) is 3.55. The first-order valence-corrected chi connectivity index (χ1v) is 11.7. The maximum atomic E-state index is 14.4. The maximum Gasteiger partial charge on any atom is 0.257 e. The standard InChI is InChI=1S/C27H26FN5O3/c1-32-16-19(7-10-23(32)34)30-21-9-8-20(13-18(21)15-29)33-24(35)14-22(31-26(36)27(28)11-12-27)25(33)17-5-3-2-4-6-17/h2-10,13,15-16,22,25,29-30H,11-12,14H2,1H3,(H,31,36)/t22-,25+/m0/s1. The molecule has 8 nitrogen and oxygen atoms in total. The lowest BCUT2D eigenvalue weighted by Gasteiger charge is -2.30. The predicted molar refractivity (Wildman–Crippen MR) is 136 cm³/mol. The van der Waals surface area contributed by atoms with Gasteiger partial charge >= 0.3 is 0 Å². The second-order valence-electron chi connectivity index (χ2n) is 9.28. The van der Waals surface area contributed by atoms with Crippen LogP contribution in [-0.2, 0) is 16.6 Å². The van der Waals surface area contributed by atoms with Gasteiger partial charge in [0.25, 0.3) is 5.91 Å². The van der Waals surface area contributed by atoms with Crippen LogP contribution >= 0.6 is 0 Å². The fraction of sp³-hybridized carbons (Fsp3) is 0.259. The van der Waals surface area contributed by atoms with Crippen molar-refractivity contribution in [1.82, 2.24) is 9.88 Å². The van der Waals surface area contributed by atoms with Crippen LogP contribution in [-0.4, -0.2) is 34.3 Å². The number of nitrogens with one attached hydrogen (secondary N) is 3. The molecule has 2 amide bonds. The molecule has 3 N–H and O–H groups in total. The smallest absolute Gasteiger partial charge is 0.257 e. The van der Waals surface area contributed by atoms with Gasteiger partial charge in [-0.25, -0.2) is 4.39 Å². The topological polar surface area (TPSA) is 107 Å². The number of amides is 2. The number of hydrogen-bond donors (Lipinski definition) is 3. The van der Waals surface area contributed by atoms with Crippen molar-refractivity contribution in [3.05, 3.63) is 88.3 Å². The molecular formula is C27H26FN5O3. The van der Waals surface area contributed by atoms with Crippen LogP contribution in [0.25, 0.3) is 0 Å². The number of carbonyl (C=O) groups is 2. The molecule has 1 aromatic heterocycles. The summed E-state index contributed by atoms with van der Waals surface area (Å²) in [5.41, 5.74) is 1.26. The summed E-state index contributed by atoms with van der Waals surface area (Å²) >= 11 is 0. The summed E-state index contributed by atoms with van der Waals surface area (Å²) in [4.78, 5) is 39.0. The third-order valence-corrected chi connectivity index (χ3v) is 6.71. The Morgan fingerprint density at radius 2 is 1.86 bits per heavy atom. The van der Waals surface area contributed by atoms with Crippen molar-refractivity contribution in [1.29, 1.82) is 5.41 Å². The Morgan fingerprint density at radius 3 is 2.53 bits per heavy atom. The van der Waals surface area contributed by atoms with Crippen LogP contribution in [0.5, 0.6) is 0 Å². The van der Waals surface area contributed by atoms with Crippen LogP contribution < -0.4 is 21.1 Å². The van der Waals surface area contributed by atoms with E-state index in [2.05, 4.69) is 10.6 Å². The minimum atomic E-state index is -1.83. The predicted octanol–water partition coefficient (Wildman–Crippen LogP) is 3.59. The van der Waals surface area contributed by atoms with E-state index in [0.29, 0.717) is 22.6 Å². The third kappa shape index (κ3) is 4.39. The van der Waals surface area contributed by atoms with Gasteiger partial charge in [0.15, 0.2) is 5.67 Å². The van der Waals surface area contributed by atoms with Crippen molar-refractivity contribution >= 4 is 35.1 Å². The zero-order chi connectivity index (χ0) is 25.4. The van der Waals surface area contributed by atoms with Crippen molar-refractivity contribution in [2.75, 3.05) is 10.2 Å². The number of aryl methyl sites for hydroxylation is 1. The summed E-state index contributed by atoms with van der Waals surface area (Å²) in [6, 6.07) is 16.6. The van der Waals surface area contributed by atoms with Crippen molar-refractivity contribution in [2.45, 2.75) is 37.0 Å². The number of pyridine rings is 1. The second-order valence-corrected chi connectivity index (χ2v) is 9.28. The van der Waals surface area contributed by atoms with Gasteiger partial charge in [-0.3, -0.25) is 14.4 Å². The van der Waals surface area contributed by atoms with E-state index in [4.69, 9.17) is 5.41 Å². The van der Waals surface area contributed by atoms with E-state index >= 15 is 0 Å². The molecule has 2 heterocycles. The van der Waals surface area contributed by atoms with Gasteiger partial charge in [0, 0.05) is 48.9 Å². The minimum absolute atomic E-state index is 0.0410. The quantitative estimate of drug-likeness (QED) is 0.443. The molecule has 0 radical (unpaired) electrons. The van der Waals surface area contributed by atoms with Crippen LogP contribution in [0, 0.1) is 5.41 Å². The largest absolute Gasteiger partial charge is 0.354 e. The van der Waals surface area contributed by atoms with E-state index in [1.165, 1.54) is 16.8 Å². The number of carbonyl (C=O) groups excluding carboxylic acids is 2. The summed E-state index contributed by atoms with van der Waals surface area (Å²) in [7, 11) is 1.65. The van der Waals surface area contributed by atoms with Crippen molar-refractivity contribution in [3.63, 3.8) is 0 Å². The van der Waals surface area contributed by atoms with Gasteiger partial charge < -0.3 is 25.5 Å². The zero-order valence-corrected chi connectivity index (χ0v) is 19.7. The van der Waals surface area contributed by atoms with Gasteiger partial charge in [0.1, 0.15) is 0 Å². The van der Waals surface area contributed by atoms with E-state index in [-0.39, 0.29) is 30.7 Å². The monoisotopic (exact) mass is 487 g/mol. The number of nitrogens with zero attached hydrogens (tertiary/aromatic N) is 2. The lowest BCUT2D eigenvalue weighted by atomic mass is 9.99. The lowest BCUT2D eigenvalue weighted by molar-refractivity contribution is -0.128. The molecule has 0 spiro atoms. The van der Waals surface area contributed by atoms with Crippen molar-refractivity contribution in [2.24, 2.45) is 7.05 Å². The summed E-state index contributed by atoms with van der Waals surface area (Å²) in [6.07, 6.45) is 3.28. The normalized spacial score (nSPS) is 20.2. The first-order chi connectivity index (χ1) is 17.3. The van der Waals surface area contributed by atoms with Gasteiger partial charge in [0.2, 0.25) is 11.5 Å². The first kappa shape index (κ1) is 23.5. The molecule has 2 aromatic carbocycles. The van der Waals surface area contributed by atoms with Crippen LogP contribution in [0.2, 0.25) is 0 Å². The highest BCUT2D eigenvalue weighted by Crippen LogP contribution is 2.42.